The van der Waals surface area contributed by atoms with E-state index >= 15 is 4.57 Å². The lowest BCUT2D eigenvalue weighted by Crippen LogP contribution is -2.48. The number of hydrogen-bond donors (Lipinski definition) is 3. The van der Waals surface area contributed by atoms with Crippen LogP contribution in [-0.4, -0.2) is 93.1 Å². The van der Waals surface area contributed by atoms with Crippen LogP contribution in [0.2, 0.25) is 0 Å². The number of Topliss-reactive ketones (excluding diaryl/α,β-unsaturated/α-hetero) is 1. The van der Waals surface area contributed by atoms with Gasteiger partial charge in [0.15, 0.2) is 10.9 Å². The molecule has 82 heavy (non-hydrogen) atoms. The molecule has 1 atom stereocenters. The number of anilines is 5. The zero-order chi connectivity index (χ0) is 57.2. The van der Waals surface area contributed by atoms with E-state index in [4.69, 9.17) is 16.7 Å². The molecule has 0 spiro atoms. The van der Waals surface area contributed by atoms with Gasteiger partial charge in [0.1, 0.15) is 5.78 Å². The first kappa shape index (κ1) is 61.1. The number of para-hydroxylation sites is 5. The minimum absolute atomic E-state index is 0.0435. The van der Waals surface area contributed by atoms with Crippen LogP contribution >= 0.6 is 28.1 Å². The topological polar surface area (TPSA) is 113 Å². The van der Waals surface area contributed by atoms with Crippen LogP contribution in [-0.2, 0) is 18.7 Å². The number of carbonyl (C=O) groups is 2. The zero-order valence-electron chi connectivity index (χ0n) is 47.5. The lowest BCUT2D eigenvalue weighted by atomic mass is 9.94. The van der Waals surface area contributed by atoms with Crippen LogP contribution in [0.1, 0.15) is 69.2 Å². The first-order chi connectivity index (χ1) is 40.2. The summed E-state index contributed by atoms with van der Waals surface area (Å²) >= 11 is 5.39. The minimum Gasteiger partial charge on any atom is -0.360 e. The van der Waals surface area contributed by atoms with Crippen molar-refractivity contribution >= 4 is 79.3 Å². The number of hydrogen-bond acceptors (Lipinski definition) is 9. The summed E-state index contributed by atoms with van der Waals surface area (Å²) in [5.74, 6) is 0.121. The van der Waals surface area contributed by atoms with E-state index in [0.29, 0.717) is 31.4 Å². The van der Waals surface area contributed by atoms with Crippen LogP contribution in [0.5, 0.6) is 0 Å². The number of piperazine rings is 1. The number of nitrogens with zero attached hydrogens (tertiary/aromatic N) is 5. The minimum atomic E-state index is -3.17. The second kappa shape index (κ2) is 32.6. The van der Waals surface area contributed by atoms with Crippen molar-refractivity contribution in [3.63, 3.8) is 0 Å². The molecule has 3 N–H and O–H groups in total. The molecule has 4 fully saturated rings. The average molecular weight is 1160 g/mol. The van der Waals surface area contributed by atoms with E-state index in [1.807, 2.05) is 179 Å². The maximum Gasteiger partial charge on any atom is 0.270 e. The molecule has 11 rings (SSSR count). The van der Waals surface area contributed by atoms with Gasteiger partial charge in [-0.05, 0) is 117 Å². The average Bonchev–Trinajstić information content (AvgIpc) is 4.28. The van der Waals surface area contributed by atoms with E-state index in [1.54, 1.807) is 19.9 Å². The van der Waals surface area contributed by atoms with Gasteiger partial charge >= 0.3 is 0 Å². The highest BCUT2D eigenvalue weighted by Gasteiger charge is 2.50. The molecule has 0 amide bonds. The molecule has 12 nitrogen and oxygen atoms in total. The Morgan fingerprint density at radius 2 is 1.06 bits per heavy atom. The molecule has 1 unspecified atom stereocenters. The van der Waals surface area contributed by atoms with Crippen molar-refractivity contribution in [2.45, 2.75) is 64.1 Å². The fourth-order valence-corrected chi connectivity index (χ4v) is 16.5. The van der Waals surface area contributed by atoms with Gasteiger partial charge in [0.05, 0.1) is 12.3 Å². The summed E-state index contributed by atoms with van der Waals surface area (Å²) in [6.45, 7) is 12.5. The predicted octanol–water partition coefficient (Wildman–Crippen LogP) is 14.7. The van der Waals surface area contributed by atoms with Gasteiger partial charge in [0.25, 0.3) is 7.44 Å². The van der Waals surface area contributed by atoms with Crippen LogP contribution in [0.15, 0.2) is 218 Å². The monoisotopic (exact) mass is 1150 g/mol. The molecule has 7 aromatic rings. The van der Waals surface area contributed by atoms with Gasteiger partial charge in [-0.3, -0.25) is 19.1 Å². The quantitative estimate of drug-likeness (QED) is 0.0370. The number of thiocarbonyl (C=S) groups is 1. The number of nitrogens with one attached hydrogen (secondary N) is 3. The van der Waals surface area contributed by atoms with E-state index in [0.717, 1.165) is 47.3 Å². The third-order valence-corrected chi connectivity index (χ3v) is 20.5. The Balaban J connectivity index is 0.000000156. The summed E-state index contributed by atoms with van der Waals surface area (Å²) in [4.78, 5) is 25.5. The van der Waals surface area contributed by atoms with Gasteiger partial charge < -0.3 is 39.2 Å². The van der Waals surface area contributed by atoms with Gasteiger partial charge in [-0.15, -0.1) is 0 Å². The van der Waals surface area contributed by atoms with Crippen LogP contribution < -0.4 is 34.6 Å². The Bertz CT molecular complexity index is 2940. The van der Waals surface area contributed by atoms with Gasteiger partial charge in [-0.1, -0.05) is 177 Å². The van der Waals surface area contributed by atoms with Gasteiger partial charge in [0, 0.05) is 99.8 Å². The Morgan fingerprint density at radius 3 is 1.54 bits per heavy atom. The zero-order valence-corrected chi connectivity index (χ0v) is 50.1. The van der Waals surface area contributed by atoms with Gasteiger partial charge in [0.2, 0.25) is 8.45 Å². The van der Waals surface area contributed by atoms with Crippen molar-refractivity contribution in [1.29, 1.82) is 0 Å². The lowest BCUT2D eigenvalue weighted by molar-refractivity contribution is -0.117. The Hall–Kier alpha value is -6.95. The molecule has 428 valence electrons. The number of ketones is 2. The number of allylic oxidation sites excluding steroid dienone is 1. The molecule has 1 aliphatic carbocycles. The SMILES string of the molecule is C1CCC(N2CCNCC2)CC1.CC(=O)/C=C/c1ccccc1.CC(=O)CC(c1ccccc1)P1(=O)N(c2ccccc2)CCN1c1ccccc1.S=C(NCCOP1N(c2ccccc2)CCN1c1ccccc1)Nc1ccccc1. The predicted molar refractivity (Wildman–Crippen MR) is 348 cm³/mol. The van der Waals surface area contributed by atoms with Crippen molar-refractivity contribution in [2.75, 3.05) is 89.5 Å². The number of rotatable bonds is 16. The Kier molecular flexibility index (Phi) is 24.3. The largest absolute Gasteiger partial charge is 0.360 e. The smallest absolute Gasteiger partial charge is 0.270 e. The Morgan fingerprint density at radius 1 is 0.610 bits per heavy atom. The van der Waals surface area contributed by atoms with Crippen molar-refractivity contribution < 1.29 is 18.7 Å². The molecule has 0 aromatic heterocycles. The van der Waals surface area contributed by atoms with Crippen molar-refractivity contribution in [1.82, 2.24) is 15.5 Å². The summed E-state index contributed by atoms with van der Waals surface area (Å²) in [6, 6.07) is 71.1. The van der Waals surface area contributed by atoms with Crippen LogP contribution in [0, 0.1) is 0 Å². The van der Waals surface area contributed by atoms with Crippen LogP contribution in [0.4, 0.5) is 28.4 Å². The second-order valence-corrected chi connectivity index (χ2v) is 25.4. The van der Waals surface area contributed by atoms with E-state index in [1.165, 1.54) is 69.7 Å². The first-order valence-corrected chi connectivity index (χ1v) is 32.1. The standard InChI is InChI=1S/C24H25N2O2P.C23H25N4OPS.C10H20N2.C10H10O/c1-20(27)19-24(21-11-5-2-6-12-21)29(28)25(22-13-7-3-8-14-22)17-18-26(29)23-15-9-4-10-16-23;30-23(25-20-10-4-1-5-11-20)24-16-19-28-29-26(21-12-6-2-7-13-21)17-18-27(29)22-14-8-3-9-15-22;1-2-4-10(5-3-1)12-8-6-11-7-9-12;1-9(11)7-8-10-5-3-2-4-6-10/h2-16,24H,17-19H2,1H3;1-15H,16-19H2,(H2,24,25,30);10-11H,1-9H2;2-8H,1H3/b;;;8-7+. The number of carbonyl (C=O) groups excluding carboxylic acids is 2. The van der Waals surface area contributed by atoms with Crippen LogP contribution in [0.3, 0.4) is 0 Å². The second-order valence-electron chi connectivity index (χ2n) is 20.5. The highest BCUT2D eigenvalue weighted by molar-refractivity contribution is 7.80. The summed E-state index contributed by atoms with van der Waals surface area (Å²) in [7, 11) is -4.11. The molecule has 15 heteroatoms. The summed E-state index contributed by atoms with van der Waals surface area (Å²) in [6.07, 6.45) is 10.9. The molecule has 0 radical (unpaired) electrons. The van der Waals surface area contributed by atoms with Gasteiger partial charge in [-0.2, -0.15) is 0 Å². The fourth-order valence-electron chi connectivity index (χ4n) is 10.7. The molecule has 0 bridgehead atoms. The lowest BCUT2D eigenvalue weighted by Gasteiger charge is -2.38. The van der Waals surface area contributed by atoms with Crippen molar-refractivity contribution in [3.8, 4) is 0 Å². The van der Waals surface area contributed by atoms with E-state index < -0.39 is 21.6 Å². The summed E-state index contributed by atoms with van der Waals surface area (Å²) in [5.41, 5.74) is 6.81. The van der Waals surface area contributed by atoms with E-state index in [-0.39, 0.29) is 18.0 Å². The molecule has 3 aliphatic heterocycles. The van der Waals surface area contributed by atoms with E-state index in [2.05, 4.69) is 78.7 Å². The van der Waals surface area contributed by atoms with Crippen molar-refractivity contribution in [3.05, 3.63) is 230 Å². The highest BCUT2D eigenvalue weighted by atomic mass is 32.1. The molecular weight excluding hydrogens is 1070 g/mol. The molecular formula is C67H80N8O4P2S. The Labute approximate surface area is 494 Å². The normalized spacial score (nSPS) is 16.6. The molecule has 3 saturated heterocycles. The van der Waals surface area contributed by atoms with E-state index in [9.17, 15) is 9.59 Å². The molecule has 1 saturated carbocycles. The summed E-state index contributed by atoms with van der Waals surface area (Å²) in [5, 5.41) is 10.4. The maximum absolute atomic E-state index is 15.0. The third kappa shape index (κ3) is 18.0. The molecule has 7 aromatic carbocycles. The number of benzene rings is 7. The summed E-state index contributed by atoms with van der Waals surface area (Å²) < 4.78 is 30.2. The van der Waals surface area contributed by atoms with Crippen molar-refractivity contribution in [2.24, 2.45) is 0 Å². The third-order valence-electron chi connectivity index (χ3n) is 14.6. The molecule has 4 aliphatic rings. The highest BCUT2D eigenvalue weighted by Crippen LogP contribution is 2.70. The van der Waals surface area contributed by atoms with Crippen LogP contribution in [0.25, 0.3) is 6.08 Å². The fraction of sp³-hybridized carbons (Fsp3) is 0.299. The molecule has 3 heterocycles. The first-order valence-electron chi connectivity index (χ1n) is 28.8. The van der Waals surface area contributed by atoms with Gasteiger partial charge in [-0.25, -0.2) is 0 Å². The maximum atomic E-state index is 15.0.